The smallest absolute Gasteiger partial charge is 0.274 e. The first kappa shape index (κ1) is 11.0. The number of carbonyl (C=O) groups excluding carboxylic acids is 1. The van der Waals surface area contributed by atoms with Crippen LogP contribution >= 0.6 is 0 Å². The summed E-state index contributed by atoms with van der Waals surface area (Å²) in [6, 6.07) is 0. The van der Waals surface area contributed by atoms with Crippen LogP contribution in [0.4, 0.5) is 0 Å². The van der Waals surface area contributed by atoms with Gasteiger partial charge in [0.15, 0.2) is 5.03 Å². The Bertz CT molecular complexity index is 500. The third-order valence-electron chi connectivity index (χ3n) is 2.50. The van der Waals surface area contributed by atoms with Crippen molar-refractivity contribution in [3.63, 3.8) is 0 Å². The first-order valence-corrected chi connectivity index (χ1v) is 6.31. The minimum absolute atomic E-state index is 0.188. The van der Waals surface area contributed by atoms with E-state index in [1.807, 2.05) is 11.6 Å². The number of hydrogen-bond acceptors (Lipinski definition) is 5. The number of rotatable bonds is 3. The molecule has 16 heavy (non-hydrogen) atoms. The van der Waals surface area contributed by atoms with Crippen LogP contribution in [0.2, 0.25) is 0 Å². The van der Waals surface area contributed by atoms with Gasteiger partial charge in [0.05, 0.1) is 6.20 Å². The van der Waals surface area contributed by atoms with E-state index in [0.717, 1.165) is 12.6 Å². The summed E-state index contributed by atoms with van der Waals surface area (Å²) < 4.78 is 25.3. The molecule has 0 radical (unpaired) electrons. The molecule has 1 amide bonds. The van der Waals surface area contributed by atoms with Crippen molar-refractivity contribution in [2.45, 2.75) is 18.4 Å². The lowest BCUT2D eigenvalue weighted by atomic mass is 10.3. The molecular weight excluding hydrogens is 230 g/mol. The average Bonchev–Trinajstić information content (AvgIpc) is 2.96. The maximum atomic E-state index is 11.6. The minimum atomic E-state index is -3.86. The first-order valence-electron chi connectivity index (χ1n) is 4.83. The number of amides is 1. The van der Waals surface area contributed by atoms with Crippen molar-refractivity contribution < 1.29 is 13.2 Å². The van der Waals surface area contributed by atoms with Gasteiger partial charge in [-0.2, -0.15) is 8.42 Å². The van der Waals surface area contributed by atoms with E-state index in [1.54, 1.807) is 0 Å². The van der Waals surface area contributed by atoms with Crippen molar-refractivity contribution in [3.8, 4) is 0 Å². The summed E-state index contributed by atoms with van der Waals surface area (Å²) in [5.74, 6) is -0.387. The highest BCUT2D eigenvalue weighted by Gasteiger charge is 2.40. The fourth-order valence-corrected chi connectivity index (χ4v) is 2.29. The second kappa shape index (κ2) is 3.82. The normalized spacial score (nSPS) is 23.8. The molecule has 0 aliphatic heterocycles. The van der Waals surface area contributed by atoms with Gasteiger partial charge in [-0.15, -0.1) is 0 Å². The Morgan fingerprint density at radius 3 is 2.69 bits per heavy atom. The molecule has 1 aliphatic carbocycles. The summed E-state index contributed by atoms with van der Waals surface area (Å²) >= 11 is 0. The van der Waals surface area contributed by atoms with Gasteiger partial charge in [-0.25, -0.2) is 9.71 Å². The van der Waals surface area contributed by atoms with Crippen molar-refractivity contribution in [2.24, 2.45) is 11.8 Å². The van der Waals surface area contributed by atoms with Crippen molar-refractivity contribution in [1.82, 2.24) is 14.7 Å². The van der Waals surface area contributed by atoms with E-state index < -0.39 is 15.9 Å². The number of aromatic nitrogens is 2. The van der Waals surface area contributed by atoms with E-state index in [0.29, 0.717) is 0 Å². The number of carbonyl (C=O) groups is 1. The Morgan fingerprint density at radius 2 is 2.19 bits per heavy atom. The molecule has 86 valence electrons. The molecule has 2 atom stereocenters. The van der Waals surface area contributed by atoms with Crippen molar-refractivity contribution >= 4 is 15.9 Å². The quantitative estimate of drug-likeness (QED) is 0.800. The average molecular weight is 241 g/mol. The molecule has 1 saturated carbocycles. The number of hydrogen-bond donors (Lipinski definition) is 1. The standard InChI is InChI=1S/C9H11N3O3S/c1-6-4-7(6)9(13)12-16(14,15)8-5-10-2-3-11-8/h2-3,5-7H,4H2,1H3,(H,12,13)/t6-,7+/m0/s1. The molecule has 1 N–H and O–H groups in total. The lowest BCUT2D eigenvalue weighted by Gasteiger charge is -2.04. The molecule has 1 aromatic rings. The van der Waals surface area contributed by atoms with Gasteiger partial charge in [-0.3, -0.25) is 9.78 Å². The van der Waals surface area contributed by atoms with Gasteiger partial charge in [-0.1, -0.05) is 6.92 Å². The fourth-order valence-electron chi connectivity index (χ4n) is 1.37. The molecule has 1 heterocycles. The monoisotopic (exact) mass is 241 g/mol. The zero-order valence-corrected chi connectivity index (χ0v) is 9.44. The van der Waals surface area contributed by atoms with Gasteiger partial charge in [0.2, 0.25) is 5.91 Å². The molecule has 1 aromatic heterocycles. The Labute approximate surface area is 93.2 Å². The van der Waals surface area contributed by atoms with Crippen LogP contribution < -0.4 is 4.72 Å². The largest absolute Gasteiger partial charge is 0.283 e. The van der Waals surface area contributed by atoms with Gasteiger partial charge >= 0.3 is 0 Å². The van der Waals surface area contributed by atoms with Gasteiger partial charge in [0.25, 0.3) is 10.0 Å². The molecule has 1 aliphatic rings. The van der Waals surface area contributed by atoms with Crippen LogP contribution in [0, 0.1) is 11.8 Å². The lowest BCUT2D eigenvalue weighted by Crippen LogP contribution is -2.32. The van der Waals surface area contributed by atoms with Crippen LogP contribution in [0.5, 0.6) is 0 Å². The highest BCUT2D eigenvalue weighted by Crippen LogP contribution is 2.37. The summed E-state index contributed by atoms with van der Waals surface area (Å²) in [6.45, 7) is 1.90. The Hall–Kier alpha value is -1.50. The predicted molar refractivity (Wildman–Crippen MR) is 54.6 cm³/mol. The maximum absolute atomic E-state index is 11.6. The van der Waals surface area contributed by atoms with Gasteiger partial charge in [0, 0.05) is 18.3 Å². The zero-order valence-electron chi connectivity index (χ0n) is 8.62. The molecule has 2 rings (SSSR count). The van der Waals surface area contributed by atoms with E-state index in [4.69, 9.17) is 0 Å². The third kappa shape index (κ3) is 2.19. The number of nitrogens with zero attached hydrogens (tertiary/aromatic N) is 2. The molecule has 0 saturated heterocycles. The van der Waals surface area contributed by atoms with E-state index in [9.17, 15) is 13.2 Å². The molecular formula is C9H11N3O3S. The van der Waals surface area contributed by atoms with Crippen LogP contribution in [0.15, 0.2) is 23.6 Å². The van der Waals surface area contributed by atoms with E-state index in [-0.39, 0.29) is 16.9 Å². The highest BCUT2D eigenvalue weighted by molar-refractivity contribution is 7.90. The molecule has 0 aromatic carbocycles. The van der Waals surface area contributed by atoms with E-state index in [2.05, 4.69) is 9.97 Å². The van der Waals surface area contributed by atoms with Gasteiger partial charge in [-0.05, 0) is 12.3 Å². The Balaban J connectivity index is 2.12. The van der Waals surface area contributed by atoms with Crippen molar-refractivity contribution in [2.75, 3.05) is 0 Å². The van der Waals surface area contributed by atoms with Crippen LogP contribution in [0.1, 0.15) is 13.3 Å². The predicted octanol–water partition coefficient (Wildman–Crippen LogP) is -0.0625. The van der Waals surface area contributed by atoms with Gasteiger partial charge in [0.1, 0.15) is 0 Å². The van der Waals surface area contributed by atoms with E-state index in [1.165, 1.54) is 12.4 Å². The summed E-state index contributed by atoms with van der Waals surface area (Å²) in [6.07, 6.45) is 4.47. The maximum Gasteiger partial charge on any atom is 0.283 e. The van der Waals surface area contributed by atoms with E-state index >= 15 is 0 Å². The van der Waals surface area contributed by atoms with Crippen molar-refractivity contribution in [3.05, 3.63) is 18.6 Å². The minimum Gasteiger partial charge on any atom is -0.274 e. The molecule has 0 unspecified atom stereocenters. The summed E-state index contributed by atoms with van der Waals surface area (Å²) in [5, 5.41) is -0.239. The fraction of sp³-hybridized carbons (Fsp3) is 0.444. The SMILES string of the molecule is C[C@H]1C[C@H]1C(=O)NS(=O)(=O)c1cnccn1. The Morgan fingerprint density at radius 1 is 1.50 bits per heavy atom. The molecule has 0 bridgehead atoms. The summed E-state index contributed by atoms with van der Waals surface area (Å²) in [7, 11) is -3.86. The summed E-state index contributed by atoms with van der Waals surface area (Å²) in [4.78, 5) is 18.7. The second-order valence-corrected chi connectivity index (χ2v) is 5.46. The van der Waals surface area contributed by atoms with Crippen LogP contribution in [0.3, 0.4) is 0 Å². The van der Waals surface area contributed by atoms with Crippen molar-refractivity contribution in [1.29, 1.82) is 0 Å². The molecule has 0 spiro atoms. The number of nitrogens with one attached hydrogen (secondary N) is 1. The number of sulfonamides is 1. The first-order chi connectivity index (χ1) is 7.50. The summed E-state index contributed by atoms with van der Waals surface area (Å²) in [5.41, 5.74) is 0. The highest BCUT2D eigenvalue weighted by atomic mass is 32.2. The molecule has 1 fully saturated rings. The topological polar surface area (TPSA) is 89.0 Å². The van der Waals surface area contributed by atoms with Crippen LogP contribution in [0.25, 0.3) is 0 Å². The molecule has 6 nitrogen and oxygen atoms in total. The molecule has 7 heteroatoms. The van der Waals surface area contributed by atoms with Crippen LogP contribution in [-0.2, 0) is 14.8 Å². The van der Waals surface area contributed by atoms with Gasteiger partial charge < -0.3 is 0 Å². The third-order valence-corrected chi connectivity index (χ3v) is 3.73. The second-order valence-electron chi connectivity index (χ2n) is 3.83. The Kier molecular flexibility index (Phi) is 2.63. The zero-order chi connectivity index (χ0) is 11.8. The lowest BCUT2D eigenvalue weighted by molar-refractivity contribution is -0.120. The van der Waals surface area contributed by atoms with Crippen LogP contribution in [-0.4, -0.2) is 24.3 Å².